The number of rotatable bonds is 2. The lowest BCUT2D eigenvalue weighted by molar-refractivity contribution is 0.630. The molecule has 1 heterocycles. The van der Waals surface area contributed by atoms with E-state index in [-0.39, 0.29) is 10.3 Å². The number of aromatic nitrogens is 2. The van der Waals surface area contributed by atoms with Crippen LogP contribution in [0.4, 0.5) is 15.9 Å². The highest BCUT2D eigenvalue weighted by molar-refractivity contribution is 6.32. The number of hydrogen-bond acceptors (Lipinski definition) is 3. The van der Waals surface area contributed by atoms with E-state index in [2.05, 4.69) is 9.97 Å². The number of anilines is 2. The molecule has 140 valence electrons. The summed E-state index contributed by atoms with van der Waals surface area (Å²) in [6, 6.07) is 10.7. The molecule has 0 aliphatic carbocycles. The van der Waals surface area contributed by atoms with Gasteiger partial charge in [-0.1, -0.05) is 51.4 Å². The number of halogens is 3. The average Bonchev–Trinajstić information content (AvgIpc) is 2.65. The maximum absolute atomic E-state index is 13.8. The Hall–Kier alpha value is -1.91. The average molecular weight is 396 g/mol. The molecule has 0 spiro atoms. The van der Waals surface area contributed by atoms with E-state index in [4.69, 9.17) is 23.2 Å². The van der Waals surface area contributed by atoms with Crippen molar-refractivity contribution < 1.29 is 4.39 Å². The number of hydrogen-bond donors (Lipinski definition) is 0. The summed E-state index contributed by atoms with van der Waals surface area (Å²) in [6.45, 7) is 10.0. The summed E-state index contributed by atoms with van der Waals surface area (Å²) >= 11 is 11.8. The van der Waals surface area contributed by atoms with Gasteiger partial charge in [0.1, 0.15) is 11.6 Å². The number of aryl methyl sites for hydroxylation is 1. The van der Waals surface area contributed by atoms with Crippen LogP contribution in [0.25, 0.3) is 10.9 Å². The third-order valence-corrected chi connectivity index (χ3v) is 3.86. The zero-order chi connectivity index (χ0) is 19.9. The van der Waals surface area contributed by atoms with Gasteiger partial charge in [-0.25, -0.2) is 9.37 Å². The molecule has 0 aliphatic rings. The summed E-state index contributed by atoms with van der Waals surface area (Å²) in [5.41, 5.74) is 2.54. The van der Waals surface area contributed by atoms with Crippen LogP contribution in [0.2, 0.25) is 10.3 Å². The van der Waals surface area contributed by atoms with E-state index in [1.807, 2.05) is 70.8 Å². The Morgan fingerprint density at radius 1 is 0.962 bits per heavy atom. The fourth-order valence-corrected chi connectivity index (χ4v) is 2.62. The second kappa shape index (κ2) is 10.3. The molecule has 0 amide bonds. The molecule has 1 aromatic heterocycles. The first-order valence-corrected chi connectivity index (χ1v) is 9.34. The van der Waals surface area contributed by atoms with Crippen molar-refractivity contribution in [1.29, 1.82) is 0 Å². The first-order chi connectivity index (χ1) is 12.5. The summed E-state index contributed by atoms with van der Waals surface area (Å²) in [4.78, 5) is 10.2. The molecule has 3 aromatic rings. The normalized spacial score (nSPS) is 9.73. The smallest absolute Gasteiger partial charge is 0.224 e. The van der Waals surface area contributed by atoms with Crippen LogP contribution in [0.3, 0.4) is 0 Å². The summed E-state index contributed by atoms with van der Waals surface area (Å²) < 4.78 is 13.8. The fraction of sp³-hybridized carbons (Fsp3) is 0.300. The second-order valence-corrected chi connectivity index (χ2v) is 5.74. The number of nitrogens with zero attached hydrogens (tertiary/aromatic N) is 3. The molecule has 0 radical (unpaired) electrons. The maximum Gasteiger partial charge on any atom is 0.224 e. The Kier molecular flexibility index (Phi) is 8.76. The molecule has 0 saturated carbocycles. The summed E-state index contributed by atoms with van der Waals surface area (Å²) in [5.74, 6) is 0.00940. The first-order valence-electron chi connectivity index (χ1n) is 8.58. The van der Waals surface area contributed by atoms with E-state index < -0.39 is 5.82 Å². The molecule has 0 saturated heterocycles. The van der Waals surface area contributed by atoms with E-state index in [9.17, 15) is 4.39 Å². The van der Waals surface area contributed by atoms with Crippen LogP contribution in [-0.4, -0.2) is 17.0 Å². The number of benzene rings is 2. The lowest BCUT2D eigenvalue weighted by Crippen LogP contribution is -2.12. The lowest BCUT2D eigenvalue weighted by Gasteiger charge is -2.20. The predicted molar refractivity (Wildman–Crippen MR) is 111 cm³/mol. The standard InChI is InChI=1S/C16H12Cl2FN3.2C2H6/c1-9-4-3-5-10(6-9)22(2)15-11-7-13(19)12(17)8-14(11)20-16(18)21-15;2*1-2/h3-8H,1-2H3;2*1-2H3. The van der Waals surface area contributed by atoms with Gasteiger partial charge in [-0.2, -0.15) is 4.98 Å². The Morgan fingerprint density at radius 2 is 1.62 bits per heavy atom. The minimum Gasteiger partial charge on any atom is -0.329 e. The predicted octanol–water partition coefficient (Wildman–Crippen LogP) is 7.20. The summed E-state index contributed by atoms with van der Waals surface area (Å²) in [5, 5.41) is 0.645. The third-order valence-electron chi connectivity index (χ3n) is 3.40. The fourth-order valence-electron chi connectivity index (χ4n) is 2.29. The molecule has 2 aromatic carbocycles. The molecule has 0 fully saturated rings. The molecule has 0 aliphatic heterocycles. The molecule has 0 unspecified atom stereocenters. The summed E-state index contributed by atoms with van der Waals surface area (Å²) in [6.07, 6.45) is 0. The Labute approximate surface area is 164 Å². The quantitative estimate of drug-likeness (QED) is 0.429. The van der Waals surface area contributed by atoms with Crippen molar-refractivity contribution in [1.82, 2.24) is 9.97 Å². The molecule has 3 nitrogen and oxygen atoms in total. The highest BCUT2D eigenvalue weighted by atomic mass is 35.5. The van der Waals surface area contributed by atoms with Crippen LogP contribution >= 0.6 is 23.2 Å². The zero-order valence-corrected chi connectivity index (χ0v) is 17.5. The minimum absolute atomic E-state index is 0.00595. The molecule has 3 rings (SSSR count). The van der Waals surface area contributed by atoms with Crippen molar-refractivity contribution in [2.75, 3.05) is 11.9 Å². The Bertz CT molecular complexity index is 869. The van der Waals surface area contributed by atoms with Gasteiger partial charge < -0.3 is 4.90 Å². The maximum atomic E-state index is 13.8. The SMILES string of the molecule is CC.CC.Cc1cccc(N(C)c2nc(Cl)nc3cc(Cl)c(F)cc23)c1. The van der Waals surface area contributed by atoms with Crippen molar-refractivity contribution in [2.24, 2.45) is 0 Å². The second-order valence-electron chi connectivity index (χ2n) is 5.00. The van der Waals surface area contributed by atoms with Crippen molar-refractivity contribution in [3.63, 3.8) is 0 Å². The first kappa shape index (κ1) is 22.1. The van der Waals surface area contributed by atoms with Crippen LogP contribution in [0.15, 0.2) is 36.4 Å². The van der Waals surface area contributed by atoms with Gasteiger partial charge in [-0.15, -0.1) is 0 Å². The molecular formula is C20H24Cl2FN3. The van der Waals surface area contributed by atoms with E-state index in [0.717, 1.165) is 11.3 Å². The van der Waals surface area contributed by atoms with Gasteiger partial charge in [0.05, 0.1) is 10.5 Å². The molecule has 0 atom stereocenters. The van der Waals surface area contributed by atoms with E-state index in [0.29, 0.717) is 16.7 Å². The van der Waals surface area contributed by atoms with E-state index in [1.54, 1.807) is 0 Å². The number of fused-ring (bicyclic) bond motifs is 1. The largest absolute Gasteiger partial charge is 0.329 e. The van der Waals surface area contributed by atoms with Crippen molar-refractivity contribution in [2.45, 2.75) is 34.6 Å². The van der Waals surface area contributed by atoms with Crippen LogP contribution in [0.1, 0.15) is 33.3 Å². The van der Waals surface area contributed by atoms with Crippen molar-refractivity contribution >= 4 is 45.6 Å². The van der Waals surface area contributed by atoms with Crippen molar-refractivity contribution in [3.05, 3.63) is 58.1 Å². The molecule has 0 bridgehead atoms. The van der Waals surface area contributed by atoms with Crippen LogP contribution in [0.5, 0.6) is 0 Å². The van der Waals surface area contributed by atoms with Crippen LogP contribution < -0.4 is 4.90 Å². The highest BCUT2D eigenvalue weighted by Gasteiger charge is 2.15. The zero-order valence-electron chi connectivity index (χ0n) is 15.9. The Balaban J connectivity index is 0.000000791. The van der Waals surface area contributed by atoms with Gasteiger partial charge in [-0.3, -0.25) is 0 Å². The molecule has 6 heteroatoms. The van der Waals surface area contributed by atoms with Gasteiger partial charge in [0.2, 0.25) is 5.28 Å². The van der Waals surface area contributed by atoms with Crippen LogP contribution in [0, 0.1) is 12.7 Å². The highest BCUT2D eigenvalue weighted by Crippen LogP contribution is 2.32. The topological polar surface area (TPSA) is 29.0 Å². The third kappa shape index (κ3) is 5.05. The van der Waals surface area contributed by atoms with E-state index in [1.165, 1.54) is 12.1 Å². The van der Waals surface area contributed by atoms with Gasteiger partial charge in [0, 0.05) is 18.1 Å². The molecular weight excluding hydrogens is 372 g/mol. The molecule has 0 N–H and O–H groups in total. The monoisotopic (exact) mass is 395 g/mol. The molecule has 26 heavy (non-hydrogen) atoms. The van der Waals surface area contributed by atoms with Gasteiger partial charge in [0.25, 0.3) is 0 Å². The summed E-state index contributed by atoms with van der Waals surface area (Å²) in [7, 11) is 1.85. The van der Waals surface area contributed by atoms with Crippen LogP contribution in [-0.2, 0) is 0 Å². The van der Waals surface area contributed by atoms with Crippen molar-refractivity contribution in [3.8, 4) is 0 Å². The van der Waals surface area contributed by atoms with Gasteiger partial charge in [-0.05, 0) is 48.4 Å². The van der Waals surface area contributed by atoms with Gasteiger partial charge >= 0.3 is 0 Å². The minimum atomic E-state index is -0.515. The van der Waals surface area contributed by atoms with E-state index >= 15 is 0 Å². The lowest BCUT2D eigenvalue weighted by atomic mass is 10.2. The van der Waals surface area contributed by atoms with Gasteiger partial charge in [0.15, 0.2) is 0 Å². The Morgan fingerprint density at radius 3 is 2.23 bits per heavy atom.